The highest BCUT2D eigenvalue weighted by atomic mass is 16.5. The molecule has 3 unspecified atom stereocenters. The number of aliphatic hydroxyl groups excluding tert-OH is 1. The first-order chi connectivity index (χ1) is 9.93. The predicted octanol–water partition coefficient (Wildman–Crippen LogP) is 3.53. The summed E-state index contributed by atoms with van der Waals surface area (Å²) < 4.78 is 5.31. The van der Waals surface area contributed by atoms with Crippen LogP contribution in [0.5, 0.6) is 0 Å². The zero-order valence-corrected chi connectivity index (χ0v) is 13.5. The molecule has 1 aliphatic heterocycles. The number of rotatable bonds is 7. The maximum atomic E-state index is 12.2. The number of likely N-dealkylation sites (tertiary alicyclic amines) is 1. The second kappa shape index (κ2) is 12.3. The molecule has 0 aliphatic carbocycles. The average molecular weight is 331 g/mol. The predicted molar refractivity (Wildman–Crippen MR) is 94.2 cm³/mol. The number of carbonyl (C=O) groups excluding carboxylic acids is 2. The number of carbonyl (C=O) groups is 2. The van der Waals surface area contributed by atoms with E-state index in [4.69, 9.17) is 4.74 Å². The van der Waals surface area contributed by atoms with Crippen molar-refractivity contribution in [3.8, 4) is 0 Å². The summed E-state index contributed by atoms with van der Waals surface area (Å²) in [4.78, 5) is 25.4. The van der Waals surface area contributed by atoms with E-state index in [1.807, 2.05) is 4.90 Å². The SMILES string of the molecule is C.C.CCC(CC(CC(C)O)OC(C)=O)N1CCCCCC1=O. The van der Waals surface area contributed by atoms with Crippen LogP contribution in [0.1, 0.15) is 80.6 Å². The molecule has 0 saturated carbocycles. The van der Waals surface area contributed by atoms with Crippen LogP contribution in [0.15, 0.2) is 0 Å². The van der Waals surface area contributed by atoms with E-state index in [9.17, 15) is 14.7 Å². The molecule has 0 aromatic heterocycles. The number of esters is 1. The zero-order valence-electron chi connectivity index (χ0n) is 13.5. The Morgan fingerprint density at radius 1 is 1.26 bits per heavy atom. The van der Waals surface area contributed by atoms with Gasteiger partial charge in [-0.3, -0.25) is 9.59 Å². The van der Waals surface area contributed by atoms with Crippen LogP contribution in [0, 0.1) is 0 Å². The third-order valence-corrected chi connectivity index (χ3v) is 3.99. The number of nitrogens with zero attached hydrogens (tertiary/aromatic N) is 1. The number of hydrogen-bond acceptors (Lipinski definition) is 4. The second-order valence-electron chi connectivity index (χ2n) is 6.01. The van der Waals surface area contributed by atoms with Crippen molar-refractivity contribution >= 4 is 11.9 Å². The van der Waals surface area contributed by atoms with E-state index in [-0.39, 0.29) is 38.9 Å². The smallest absolute Gasteiger partial charge is 0.302 e. The molecule has 3 atom stereocenters. The molecule has 1 fully saturated rings. The van der Waals surface area contributed by atoms with Crippen LogP contribution in [0.4, 0.5) is 0 Å². The lowest BCUT2D eigenvalue weighted by Crippen LogP contribution is -2.42. The van der Waals surface area contributed by atoms with E-state index in [1.165, 1.54) is 6.92 Å². The van der Waals surface area contributed by atoms with Crippen molar-refractivity contribution in [1.29, 1.82) is 0 Å². The Balaban J connectivity index is 0. The number of ether oxygens (including phenoxy) is 1. The summed E-state index contributed by atoms with van der Waals surface area (Å²) in [6, 6.07) is 0.0821. The Kier molecular flexibility index (Phi) is 13.0. The molecule has 5 heteroatoms. The highest BCUT2D eigenvalue weighted by Gasteiger charge is 2.27. The third kappa shape index (κ3) is 8.94. The molecular formula is C18H37NO4. The van der Waals surface area contributed by atoms with Gasteiger partial charge in [0.2, 0.25) is 5.91 Å². The minimum atomic E-state index is -0.522. The molecule has 1 aliphatic rings. The first-order valence-electron chi connectivity index (χ1n) is 8.08. The summed E-state index contributed by atoms with van der Waals surface area (Å²) >= 11 is 0. The van der Waals surface area contributed by atoms with E-state index < -0.39 is 6.10 Å². The Hall–Kier alpha value is -1.10. The van der Waals surface area contributed by atoms with Crippen molar-refractivity contribution in [3.63, 3.8) is 0 Å². The van der Waals surface area contributed by atoms with Gasteiger partial charge >= 0.3 is 5.97 Å². The summed E-state index contributed by atoms with van der Waals surface area (Å²) in [5.74, 6) is -0.129. The molecule has 0 bridgehead atoms. The van der Waals surface area contributed by atoms with E-state index in [1.54, 1.807) is 6.92 Å². The largest absolute Gasteiger partial charge is 0.462 e. The first kappa shape index (κ1) is 24.2. The Bertz CT molecular complexity index is 344. The minimum Gasteiger partial charge on any atom is -0.462 e. The van der Waals surface area contributed by atoms with Crippen molar-refractivity contribution in [3.05, 3.63) is 0 Å². The van der Waals surface area contributed by atoms with Gasteiger partial charge in [0, 0.05) is 38.8 Å². The fourth-order valence-electron chi connectivity index (χ4n) is 3.02. The van der Waals surface area contributed by atoms with Gasteiger partial charge in [0.1, 0.15) is 6.10 Å². The van der Waals surface area contributed by atoms with Gasteiger partial charge in [-0.1, -0.05) is 28.2 Å². The average Bonchev–Trinajstić information content (AvgIpc) is 2.59. The molecule has 0 radical (unpaired) electrons. The molecule has 138 valence electrons. The van der Waals surface area contributed by atoms with E-state index in [2.05, 4.69) is 6.92 Å². The second-order valence-corrected chi connectivity index (χ2v) is 6.01. The van der Waals surface area contributed by atoms with Crippen molar-refractivity contribution < 1.29 is 19.4 Å². The standard InChI is InChI=1S/C16H29NO4.2CH4/c1-4-14(17-9-7-5-6-8-16(17)20)11-15(10-12(2)18)21-13(3)19;;/h12,14-15,18H,4-11H2,1-3H3;2*1H4. The summed E-state index contributed by atoms with van der Waals surface area (Å²) in [6.45, 7) is 5.91. The molecule has 1 saturated heterocycles. The third-order valence-electron chi connectivity index (χ3n) is 3.99. The van der Waals surface area contributed by atoms with Crippen LogP contribution in [0.3, 0.4) is 0 Å². The van der Waals surface area contributed by atoms with Crippen molar-refractivity contribution in [2.24, 2.45) is 0 Å². The summed E-state index contributed by atoms with van der Waals surface area (Å²) in [6.07, 6.45) is 4.72. The molecule has 1 rings (SSSR count). The van der Waals surface area contributed by atoms with Crippen LogP contribution in [-0.4, -0.2) is 46.7 Å². The molecule has 0 aromatic carbocycles. The van der Waals surface area contributed by atoms with Gasteiger partial charge in [0.05, 0.1) is 6.10 Å². The van der Waals surface area contributed by atoms with Crippen LogP contribution < -0.4 is 0 Å². The molecule has 5 nitrogen and oxygen atoms in total. The molecule has 0 aromatic rings. The normalized spacial score (nSPS) is 18.8. The van der Waals surface area contributed by atoms with Gasteiger partial charge in [0.15, 0.2) is 0 Å². The van der Waals surface area contributed by atoms with Gasteiger partial charge in [-0.25, -0.2) is 0 Å². The van der Waals surface area contributed by atoms with Crippen molar-refractivity contribution in [2.45, 2.75) is 98.8 Å². The highest BCUT2D eigenvalue weighted by molar-refractivity contribution is 5.76. The summed E-state index contributed by atoms with van der Waals surface area (Å²) in [5.41, 5.74) is 0. The monoisotopic (exact) mass is 331 g/mol. The van der Waals surface area contributed by atoms with E-state index in [0.717, 1.165) is 32.2 Å². The van der Waals surface area contributed by atoms with Crippen LogP contribution in [0.2, 0.25) is 0 Å². The quantitative estimate of drug-likeness (QED) is 0.725. The van der Waals surface area contributed by atoms with E-state index >= 15 is 0 Å². The van der Waals surface area contributed by atoms with Gasteiger partial charge in [-0.05, 0) is 26.2 Å². The molecule has 0 spiro atoms. The fraction of sp³-hybridized carbons (Fsp3) is 0.889. The molecule has 23 heavy (non-hydrogen) atoms. The molecular weight excluding hydrogens is 294 g/mol. The Morgan fingerprint density at radius 2 is 1.91 bits per heavy atom. The lowest BCUT2D eigenvalue weighted by Gasteiger charge is -2.33. The highest BCUT2D eigenvalue weighted by Crippen LogP contribution is 2.21. The number of amides is 1. The molecule has 1 heterocycles. The Morgan fingerprint density at radius 3 is 2.43 bits per heavy atom. The number of hydrogen-bond donors (Lipinski definition) is 1. The molecule has 1 N–H and O–H groups in total. The minimum absolute atomic E-state index is 0. The van der Waals surface area contributed by atoms with E-state index in [0.29, 0.717) is 19.3 Å². The van der Waals surface area contributed by atoms with Crippen LogP contribution in [-0.2, 0) is 14.3 Å². The maximum Gasteiger partial charge on any atom is 0.302 e. The summed E-state index contributed by atoms with van der Waals surface area (Å²) in [5, 5.41) is 9.56. The van der Waals surface area contributed by atoms with Gasteiger partial charge in [0.25, 0.3) is 0 Å². The topological polar surface area (TPSA) is 66.8 Å². The van der Waals surface area contributed by atoms with Gasteiger partial charge in [-0.2, -0.15) is 0 Å². The fourth-order valence-corrected chi connectivity index (χ4v) is 3.02. The van der Waals surface area contributed by atoms with Gasteiger partial charge < -0.3 is 14.7 Å². The zero-order chi connectivity index (χ0) is 15.8. The van der Waals surface area contributed by atoms with Crippen LogP contribution in [0.25, 0.3) is 0 Å². The Labute approximate surface area is 142 Å². The van der Waals surface area contributed by atoms with Crippen molar-refractivity contribution in [1.82, 2.24) is 4.90 Å². The lowest BCUT2D eigenvalue weighted by atomic mass is 10.0. The maximum absolute atomic E-state index is 12.2. The van der Waals surface area contributed by atoms with Crippen LogP contribution >= 0.6 is 0 Å². The molecule has 1 amide bonds. The van der Waals surface area contributed by atoms with Gasteiger partial charge in [-0.15, -0.1) is 0 Å². The number of aliphatic hydroxyl groups is 1. The summed E-state index contributed by atoms with van der Waals surface area (Å²) in [7, 11) is 0. The first-order valence-corrected chi connectivity index (χ1v) is 8.08. The van der Waals surface area contributed by atoms with Crippen molar-refractivity contribution in [2.75, 3.05) is 6.54 Å². The lowest BCUT2D eigenvalue weighted by molar-refractivity contribution is -0.149.